The summed E-state index contributed by atoms with van der Waals surface area (Å²) in [6.45, 7) is 1.78. The Kier molecular flexibility index (Phi) is 3.86. The summed E-state index contributed by atoms with van der Waals surface area (Å²) in [5.74, 6) is -0.798. The maximum absolute atomic E-state index is 12.9. The molecule has 2 rings (SSSR count). The molecule has 0 fully saturated rings. The molecule has 0 saturated heterocycles. The number of hydrogen-bond donors (Lipinski definition) is 1. The van der Waals surface area contributed by atoms with Gasteiger partial charge in [-0.05, 0) is 42.8 Å². The van der Waals surface area contributed by atoms with E-state index in [-0.39, 0.29) is 10.7 Å². The Bertz CT molecular complexity index is 719. The molecule has 0 saturated carbocycles. The minimum absolute atomic E-state index is 0.0550. The highest BCUT2D eigenvalue weighted by atomic mass is 79.9. The van der Waals surface area contributed by atoms with Gasteiger partial charge in [-0.25, -0.2) is 13.4 Å². The molecule has 0 aliphatic carbocycles. The van der Waals surface area contributed by atoms with E-state index >= 15 is 0 Å². The molecule has 19 heavy (non-hydrogen) atoms. The number of halogens is 2. The average molecular weight is 345 g/mol. The number of benzene rings is 1. The maximum Gasteiger partial charge on any atom is 0.263 e. The molecule has 7 heteroatoms. The number of hydrogen-bond acceptors (Lipinski definition) is 3. The summed E-state index contributed by atoms with van der Waals surface area (Å²) in [5, 5.41) is 0. The summed E-state index contributed by atoms with van der Waals surface area (Å²) < 4.78 is 40.1. The van der Waals surface area contributed by atoms with Gasteiger partial charge in [0.2, 0.25) is 5.95 Å². The van der Waals surface area contributed by atoms with Crippen LogP contribution in [0.15, 0.2) is 45.8 Å². The van der Waals surface area contributed by atoms with Gasteiger partial charge in [0.15, 0.2) is 0 Å². The van der Waals surface area contributed by atoms with Gasteiger partial charge in [-0.1, -0.05) is 22.0 Å². The van der Waals surface area contributed by atoms with Crippen LogP contribution < -0.4 is 4.72 Å². The van der Waals surface area contributed by atoms with Gasteiger partial charge in [0.25, 0.3) is 10.0 Å². The monoisotopic (exact) mass is 344 g/mol. The van der Waals surface area contributed by atoms with E-state index in [1.165, 1.54) is 24.3 Å². The fraction of sp³-hybridized carbons (Fsp3) is 0.0833. The highest BCUT2D eigenvalue weighted by Crippen LogP contribution is 2.21. The van der Waals surface area contributed by atoms with Crippen molar-refractivity contribution in [3.05, 3.63) is 52.4 Å². The molecule has 1 aromatic heterocycles. The number of aryl methyl sites for hydroxylation is 1. The third-order valence-electron chi connectivity index (χ3n) is 2.39. The van der Waals surface area contributed by atoms with E-state index in [4.69, 9.17) is 0 Å². The van der Waals surface area contributed by atoms with Crippen molar-refractivity contribution in [2.75, 3.05) is 4.72 Å². The van der Waals surface area contributed by atoms with Crippen molar-refractivity contribution in [2.24, 2.45) is 0 Å². The standard InChI is InChI=1S/C12H10BrFN2O2S/c1-8-7-9(5-6-10(8)13)19(17,18)16-12-4-2-3-11(14)15-12/h2-7H,1H3,(H,15,16). The lowest BCUT2D eigenvalue weighted by Crippen LogP contribution is -2.14. The first-order valence-electron chi connectivity index (χ1n) is 5.30. The van der Waals surface area contributed by atoms with Crippen LogP contribution in [0.3, 0.4) is 0 Å². The summed E-state index contributed by atoms with van der Waals surface area (Å²) in [6, 6.07) is 8.52. The van der Waals surface area contributed by atoms with Crippen LogP contribution in [-0.4, -0.2) is 13.4 Å². The highest BCUT2D eigenvalue weighted by molar-refractivity contribution is 9.10. The van der Waals surface area contributed by atoms with Crippen LogP contribution in [0.1, 0.15) is 5.56 Å². The molecule has 0 radical (unpaired) electrons. The normalized spacial score (nSPS) is 11.3. The zero-order chi connectivity index (χ0) is 14.0. The van der Waals surface area contributed by atoms with Crippen molar-refractivity contribution in [1.82, 2.24) is 4.98 Å². The zero-order valence-electron chi connectivity index (χ0n) is 9.89. The predicted molar refractivity (Wildman–Crippen MR) is 73.9 cm³/mol. The van der Waals surface area contributed by atoms with Crippen LogP contribution in [0, 0.1) is 12.9 Å². The lowest BCUT2D eigenvalue weighted by atomic mass is 10.2. The molecule has 1 heterocycles. The van der Waals surface area contributed by atoms with E-state index in [2.05, 4.69) is 25.6 Å². The minimum Gasteiger partial charge on any atom is -0.263 e. The van der Waals surface area contributed by atoms with E-state index in [9.17, 15) is 12.8 Å². The molecular formula is C12H10BrFN2O2S. The molecule has 0 amide bonds. The molecule has 0 unspecified atom stereocenters. The highest BCUT2D eigenvalue weighted by Gasteiger charge is 2.15. The number of rotatable bonds is 3. The fourth-order valence-electron chi connectivity index (χ4n) is 1.45. The number of nitrogens with zero attached hydrogens (tertiary/aromatic N) is 1. The minimum atomic E-state index is -3.77. The van der Waals surface area contributed by atoms with Crippen molar-refractivity contribution in [2.45, 2.75) is 11.8 Å². The van der Waals surface area contributed by atoms with Gasteiger partial charge in [-0.2, -0.15) is 4.39 Å². The Morgan fingerprint density at radius 3 is 2.63 bits per heavy atom. The number of aromatic nitrogens is 1. The van der Waals surface area contributed by atoms with Crippen molar-refractivity contribution >= 4 is 31.8 Å². The lowest BCUT2D eigenvalue weighted by Gasteiger charge is -2.08. The van der Waals surface area contributed by atoms with Crippen LogP contribution in [0.25, 0.3) is 0 Å². The van der Waals surface area contributed by atoms with Crippen LogP contribution in [0.5, 0.6) is 0 Å². The van der Waals surface area contributed by atoms with E-state index in [0.29, 0.717) is 0 Å². The van der Waals surface area contributed by atoms with Gasteiger partial charge in [-0.15, -0.1) is 0 Å². The van der Waals surface area contributed by atoms with Crippen LogP contribution >= 0.6 is 15.9 Å². The fourth-order valence-corrected chi connectivity index (χ4v) is 2.78. The number of nitrogens with one attached hydrogen (secondary N) is 1. The van der Waals surface area contributed by atoms with Gasteiger partial charge in [0, 0.05) is 4.47 Å². The Balaban J connectivity index is 2.35. The Morgan fingerprint density at radius 2 is 2.00 bits per heavy atom. The molecule has 2 aromatic rings. The van der Waals surface area contributed by atoms with Gasteiger partial charge in [-0.3, -0.25) is 4.72 Å². The predicted octanol–water partition coefficient (Wildman–Crippen LogP) is 3.09. The molecule has 4 nitrogen and oxygen atoms in total. The Labute approximate surface area is 118 Å². The topological polar surface area (TPSA) is 59.1 Å². The van der Waals surface area contributed by atoms with Crippen molar-refractivity contribution in [3.8, 4) is 0 Å². The smallest absolute Gasteiger partial charge is 0.263 e. The average Bonchev–Trinajstić information content (AvgIpc) is 2.32. The van der Waals surface area contributed by atoms with E-state index in [1.807, 2.05) is 0 Å². The number of sulfonamides is 1. The molecule has 0 spiro atoms. The summed E-state index contributed by atoms with van der Waals surface area (Å²) in [4.78, 5) is 3.55. The van der Waals surface area contributed by atoms with Crippen molar-refractivity contribution in [1.29, 1.82) is 0 Å². The summed E-state index contributed by atoms with van der Waals surface area (Å²) in [6.07, 6.45) is 0. The van der Waals surface area contributed by atoms with Gasteiger partial charge in [0.05, 0.1) is 4.90 Å². The second-order valence-corrected chi connectivity index (χ2v) is 6.40. The summed E-state index contributed by atoms with van der Waals surface area (Å²) >= 11 is 3.30. The third-order valence-corrected chi connectivity index (χ3v) is 4.64. The number of anilines is 1. The zero-order valence-corrected chi connectivity index (χ0v) is 12.3. The Hall–Kier alpha value is -1.47. The van der Waals surface area contributed by atoms with Gasteiger partial charge >= 0.3 is 0 Å². The first-order chi connectivity index (χ1) is 8.88. The SMILES string of the molecule is Cc1cc(S(=O)(=O)Nc2cccc(F)n2)ccc1Br. The van der Waals surface area contributed by atoms with Crippen molar-refractivity contribution in [3.63, 3.8) is 0 Å². The van der Waals surface area contributed by atoms with Gasteiger partial charge < -0.3 is 0 Å². The van der Waals surface area contributed by atoms with Crippen molar-refractivity contribution < 1.29 is 12.8 Å². The molecule has 1 aromatic carbocycles. The second-order valence-electron chi connectivity index (χ2n) is 3.86. The van der Waals surface area contributed by atoms with E-state index in [0.717, 1.165) is 16.1 Å². The third kappa shape index (κ3) is 3.30. The molecule has 0 aliphatic heterocycles. The van der Waals surface area contributed by atoms with E-state index in [1.54, 1.807) is 13.0 Å². The molecule has 1 N–H and O–H groups in total. The lowest BCUT2D eigenvalue weighted by molar-refractivity contribution is 0.584. The summed E-state index contributed by atoms with van der Waals surface area (Å²) in [5.41, 5.74) is 0.787. The molecule has 0 atom stereocenters. The molecular weight excluding hydrogens is 335 g/mol. The molecule has 0 bridgehead atoms. The summed E-state index contributed by atoms with van der Waals surface area (Å²) in [7, 11) is -3.77. The quantitative estimate of drug-likeness (QED) is 0.870. The van der Waals surface area contributed by atoms with E-state index < -0.39 is 16.0 Å². The Morgan fingerprint density at radius 1 is 1.26 bits per heavy atom. The first-order valence-corrected chi connectivity index (χ1v) is 7.57. The first kappa shape index (κ1) is 14.0. The molecule has 100 valence electrons. The van der Waals surface area contributed by atoms with Gasteiger partial charge in [0.1, 0.15) is 5.82 Å². The molecule has 0 aliphatic rings. The van der Waals surface area contributed by atoms with Crippen LogP contribution in [0.2, 0.25) is 0 Å². The second kappa shape index (κ2) is 5.26. The van der Waals surface area contributed by atoms with Crippen LogP contribution in [0.4, 0.5) is 10.2 Å². The largest absolute Gasteiger partial charge is 0.263 e. The van der Waals surface area contributed by atoms with Crippen LogP contribution in [-0.2, 0) is 10.0 Å². The maximum atomic E-state index is 12.9. The number of pyridine rings is 1.